The van der Waals surface area contributed by atoms with Gasteiger partial charge < -0.3 is 0 Å². The van der Waals surface area contributed by atoms with Gasteiger partial charge in [0.1, 0.15) is 7.05 Å². The molecule has 1 aromatic heterocycles. The summed E-state index contributed by atoms with van der Waals surface area (Å²) in [4.78, 5) is 0. The number of benzene rings is 5. The van der Waals surface area contributed by atoms with Crippen molar-refractivity contribution in [2.45, 2.75) is 26.7 Å². The molecule has 0 atom stereocenters. The van der Waals surface area contributed by atoms with Crippen LogP contribution in [0.2, 0.25) is 0 Å². The molecule has 0 aliphatic heterocycles. The van der Waals surface area contributed by atoms with E-state index in [1.165, 1.54) is 53.9 Å². The monoisotopic (exact) mass is 534 g/mol. The number of pyridine rings is 1. The average Bonchev–Trinajstić information content (AvgIpc) is 3.00. The molecule has 0 radical (unpaired) electrons. The van der Waals surface area contributed by atoms with E-state index < -0.39 is 8.07 Å². The lowest BCUT2D eigenvalue weighted by Gasteiger charge is -2.34. The molecule has 0 amide bonds. The van der Waals surface area contributed by atoms with E-state index in [1.807, 2.05) is 0 Å². The SMILES string of the molecule is Cc1ccc(C(C)C)cc1-c1c2ccc([Si](c3ccccc3)(c3ccccc3)c3ccccc3)cc2cc[n+]1C. The zero-order valence-corrected chi connectivity index (χ0v) is 24.8. The van der Waals surface area contributed by atoms with Gasteiger partial charge in [-0.2, -0.15) is 0 Å². The maximum atomic E-state index is 2.47. The Balaban J connectivity index is 1.66. The molecular formula is C38H36NSi+. The summed E-state index contributed by atoms with van der Waals surface area (Å²) in [5, 5.41) is 8.15. The highest BCUT2D eigenvalue weighted by atomic mass is 28.3. The van der Waals surface area contributed by atoms with E-state index in [0.717, 1.165) is 0 Å². The molecule has 0 saturated heterocycles. The van der Waals surface area contributed by atoms with Crippen LogP contribution < -0.4 is 25.3 Å². The van der Waals surface area contributed by atoms with Gasteiger partial charge in [-0.05, 0) is 62.2 Å². The highest BCUT2D eigenvalue weighted by Crippen LogP contribution is 2.30. The molecular weight excluding hydrogens is 499 g/mol. The van der Waals surface area contributed by atoms with Crippen molar-refractivity contribution in [1.82, 2.24) is 0 Å². The summed E-state index contributed by atoms with van der Waals surface area (Å²) in [5.41, 5.74) is 5.26. The fourth-order valence-corrected chi connectivity index (χ4v) is 11.0. The van der Waals surface area contributed by atoms with E-state index in [4.69, 9.17) is 0 Å². The standard InChI is InChI=1S/C38H36NSi/c1-28(2)30-21-20-29(3)37(27-30)38-36-23-22-35(26-31(36)24-25-39(38)4)40(32-14-8-5-9-15-32,33-16-10-6-11-17-33)34-18-12-7-13-19-34/h5-28H,1-4H3/q+1. The van der Waals surface area contributed by atoms with Gasteiger partial charge in [-0.25, -0.2) is 4.57 Å². The third-order valence-electron chi connectivity index (χ3n) is 8.37. The van der Waals surface area contributed by atoms with Crippen LogP contribution in [0.15, 0.2) is 140 Å². The Morgan fingerprint density at radius 1 is 0.575 bits per heavy atom. The lowest BCUT2D eigenvalue weighted by molar-refractivity contribution is -0.659. The Hall–Kier alpha value is -4.27. The molecule has 0 bridgehead atoms. The molecule has 0 spiro atoms. The second-order valence-electron chi connectivity index (χ2n) is 11.2. The lowest BCUT2D eigenvalue weighted by Crippen LogP contribution is -2.74. The highest BCUT2D eigenvalue weighted by Gasteiger charge is 2.41. The molecule has 0 unspecified atom stereocenters. The molecule has 6 aromatic rings. The Morgan fingerprint density at radius 3 is 1.65 bits per heavy atom. The van der Waals surface area contributed by atoms with Gasteiger partial charge in [-0.15, -0.1) is 0 Å². The first-order chi connectivity index (χ1) is 19.5. The number of nitrogens with zero attached hydrogens (tertiary/aromatic N) is 1. The summed E-state index contributed by atoms with van der Waals surface area (Å²) in [7, 11) is -0.401. The summed E-state index contributed by atoms with van der Waals surface area (Å²) in [6.45, 7) is 6.76. The van der Waals surface area contributed by atoms with Crippen molar-refractivity contribution in [2.75, 3.05) is 0 Å². The third kappa shape index (κ3) is 4.39. The minimum Gasteiger partial charge on any atom is -0.200 e. The van der Waals surface area contributed by atoms with E-state index in [1.54, 1.807) is 0 Å². The topological polar surface area (TPSA) is 3.88 Å². The van der Waals surface area contributed by atoms with E-state index in [-0.39, 0.29) is 0 Å². The Morgan fingerprint density at radius 2 is 1.12 bits per heavy atom. The van der Waals surface area contributed by atoms with Crippen molar-refractivity contribution in [3.8, 4) is 11.3 Å². The molecule has 1 heterocycles. The number of aryl methyl sites for hydroxylation is 2. The molecule has 0 fully saturated rings. The van der Waals surface area contributed by atoms with E-state index in [2.05, 4.69) is 172 Å². The Labute approximate surface area is 239 Å². The molecule has 1 nitrogen and oxygen atoms in total. The summed E-state index contributed by atoms with van der Waals surface area (Å²) in [5.74, 6) is 0.487. The van der Waals surface area contributed by atoms with Crippen molar-refractivity contribution in [1.29, 1.82) is 0 Å². The third-order valence-corrected chi connectivity index (χ3v) is 13.1. The van der Waals surface area contributed by atoms with E-state index in [9.17, 15) is 0 Å². The van der Waals surface area contributed by atoms with Crippen LogP contribution in [0.5, 0.6) is 0 Å². The first-order valence-corrected chi connectivity index (χ1v) is 16.2. The van der Waals surface area contributed by atoms with Crippen LogP contribution in [-0.4, -0.2) is 8.07 Å². The number of hydrogen-bond donors (Lipinski definition) is 0. The first-order valence-electron chi connectivity index (χ1n) is 14.2. The zero-order chi connectivity index (χ0) is 27.7. The van der Waals surface area contributed by atoms with E-state index >= 15 is 0 Å². The highest BCUT2D eigenvalue weighted by molar-refractivity contribution is 7.20. The van der Waals surface area contributed by atoms with Gasteiger partial charge in [-0.3, -0.25) is 0 Å². The molecule has 40 heavy (non-hydrogen) atoms. The number of fused-ring (bicyclic) bond motifs is 1. The molecule has 2 heteroatoms. The van der Waals surface area contributed by atoms with Crippen molar-refractivity contribution < 1.29 is 4.57 Å². The van der Waals surface area contributed by atoms with Gasteiger partial charge in [0, 0.05) is 11.6 Å². The minimum absolute atomic E-state index is 0.487. The van der Waals surface area contributed by atoms with Crippen molar-refractivity contribution >= 4 is 39.6 Å². The summed E-state index contributed by atoms with van der Waals surface area (Å²) in [6.07, 6.45) is 2.22. The lowest BCUT2D eigenvalue weighted by atomic mass is 9.94. The Bertz CT molecular complexity index is 1680. The second kappa shape index (κ2) is 10.7. The molecule has 0 saturated carbocycles. The van der Waals surface area contributed by atoms with Crippen LogP contribution in [0.3, 0.4) is 0 Å². The number of rotatable bonds is 6. The molecule has 0 N–H and O–H groups in total. The summed E-state index contributed by atoms with van der Waals surface area (Å²) >= 11 is 0. The first kappa shape index (κ1) is 26.0. The predicted octanol–water partition coefficient (Wildman–Crippen LogP) is 6.14. The molecule has 0 aliphatic carbocycles. The quantitative estimate of drug-likeness (QED) is 0.137. The van der Waals surface area contributed by atoms with Crippen LogP contribution in [0, 0.1) is 6.92 Å². The predicted molar refractivity (Wildman–Crippen MR) is 173 cm³/mol. The average molecular weight is 535 g/mol. The smallest absolute Gasteiger partial charge is 0.200 e. The van der Waals surface area contributed by atoms with Crippen molar-refractivity contribution in [2.24, 2.45) is 7.05 Å². The molecule has 0 aliphatic rings. The van der Waals surface area contributed by atoms with Crippen LogP contribution in [0.25, 0.3) is 22.0 Å². The van der Waals surface area contributed by atoms with Crippen LogP contribution >= 0.6 is 0 Å². The summed E-state index contributed by atoms with van der Waals surface area (Å²) in [6, 6.07) is 49.9. The number of hydrogen-bond acceptors (Lipinski definition) is 0. The molecule has 6 rings (SSSR count). The zero-order valence-electron chi connectivity index (χ0n) is 23.8. The van der Waals surface area contributed by atoms with Gasteiger partial charge in [0.05, 0.1) is 5.39 Å². The molecule has 196 valence electrons. The Kier molecular flexibility index (Phi) is 6.96. The van der Waals surface area contributed by atoms with E-state index in [0.29, 0.717) is 5.92 Å². The maximum absolute atomic E-state index is 2.57. The van der Waals surface area contributed by atoms with Gasteiger partial charge in [0.2, 0.25) is 5.69 Å². The fourth-order valence-electron chi connectivity index (χ4n) is 6.26. The van der Waals surface area contributed by atoms with Crippen molar-refractivity contribution in [3.63, 3.8) is 0 Å². The fraction of sp³-hybridized carbons (Fsp3) is 0.132. The largest absolute Gasteiger partial charge is 0.220 e. The maximum Gasteiger partial charge on any atom is 0.220 e. The second-order valence-corrected chi connectivity index (χ2v) is 15.0. The van der Waals surface area contributed by atoms with Crippen LogP contribution in [0.4, 0.5) is 0 Å². The molecule has 5 aromatic carbocycles. The van der Waals surface area contributed by atoms with Gasteiger partial charge >= 0.3 is 0 Å². The van der Waals surface area contributed by atoms with Crippen molar-refractivity contribution in [3.05, 3.63) is 151 Å². The van der Waals surface area contributed by atoms with Gasteiger partial charge in [0.15, 0.2) is 14.3 Å². The van der Waals surface area contributed by atoms with Gasteiger partial charge in [0.25, 0.3) is 0 Å². The summed E-state index contributed by atoms with van der Waals surface area (Å²) < 4.78 is 2.28. The van der Waals surface area contributed by atoms with Gasteiger partial charge in [-0.1, -0.05) is 129 Å². The minimum atomic E-state index is -2.57. The normalized spacial score (nSPS) is 11.7. The van der Waals surface area contributed by atoms with Crippen LogP contribution in [0.1, 0.15) is 30.9 Å². The van der Waals surface area contributed by atoms with Crippen LogP contribution in [-0.2, 0) is 7.05 Å². The number of aromatic nitrogens is 1.